The average molecular weight is 539 g/mol. The molecule has 1 aliphatic carbocycles. The second kappa shape index (κ2) is 10.1. The van der Waals surface area contributed by atoms with Gasteiger partial charge in [0.1, 0.15) is 0 Å². The smallest absolute Gasteiger partial charge is 0.259 e. The average Bonchev–Trinajstić information content (AvgIpc) is 3.08. The van der Waals surface area contributed by atoms with Gasteiger partial charge in [-0.3, -0.25) is 14.5 Å². The number of anilines is 2. The first-order chi connectivity index (χ1) is 18.5. The summed E-state index contributed by atoms with van der Waals surface area (Å²) in [5.41, 5.74) is 5.09. The van der Waals surface area contributed by atoms with Gasteiger partial charge in [0.2, 0.25) is 0 Å². The number of carbonyl (C=O) groups is 2. The third-order valence-electron chi connectivity index (χ3n) is 7.26. The summed E-state index contributed by atoms with van der Waals surface area (Å²) in [6.07, 6.45) is 0.977. The molecule has 0 bridgehead atoms. The second-order valence-corrected chi connectivity index (χ2v) is 10.4. The number of rotatable bonds is 3. The van der Waals surface area contributed by atoms with Crippen molar-refractivity contribution in [2.24, 2.45) is 0 Å². The van der Waals surface area contributed by atoms with E-state index in [0.29, 0.717) is 45.3 Å². The van der Waals surface area contributed by atoms with E-state index in [2.05, 4.69) is 17.4 Å². The zero-order valence-electron chi connectivity index (χ0n) is 20.4. The Bertz CT molecular complexity index is 1570. The minimum atomic E-state index is -0.733. The van der Waals surface area contributed by atoms with Crippen molar-refractivity contribution in [2.45, 2.75) is 24.8 Å². The van der Waals surface area contributed by atoms with Crippen molar-refractivity contribution in [3.8, 4) is 0 Å². The normalized spacial score (nSPS) is 18.8. The number of ketones is 1. The Morgan fingerprint density at radius 1 is 0.816 bits per heavy atom. The molecule has 2 aliphatic rings. The Labute approximate surface area is 231 Å². The lowest BCUT2D eigenvalue weighted by Gasteiger charge is -2.35. The minimum absolute atomic E-state index is 0.0118. The van der Waals surface area contributed by atoms with Gasteiger partial charge in [-0.25, -0.2) is 0 Å². The molecule has 0 unspecified atom stereocenters. The van der Waals surface area contributed by atoms with Crippen molar-refractivity contribution in [1.29, 1.82) is 0 Å². The fraction of sp³-hybridized carbons (Fsp3) is 0.125. The van der Waals surface area contributed by atoms with Gasteiger partial charge in [0.25, 0.3) is 5.91 Å². The number of nitrogens with one attached hydrogen (secondary N) is 1. The largest absolute Gasteiger partial charge is 0.357 e. The number of halogens is 2. The molecule has 1 aliphatic heterocycles. The maximum absolute atomic E-state index is 14.2. The summed E-state index contributed by atoms with van der Waals surface area (Å²) in [7, 11) is 0. The van der Waals surface area contributed by atoms with Crippen LogP contribution in [0.5, 0.6) is 0 Å². The number of nitrogens with zero attached hydrogens (tertiary/aromatic N) is 1. The molecule has 0 radical (unpaired) electrons. The molecule has 4 nitrogen and oxygen atoms in total. The molecular formula is C32H24Cl2N2O2. The van der Waals surface area contributed by atoms with E-state index in [4.69, 9.17) is 23.2 Å². The number of hydrogen-bond acceptors (Lipinski definition) is 3. The Morgan fingerprint density at radius 2 is 1.50 bits per heavy atom. The van der Waals surface area contributed by atoms with Gasteiger partial charge in [0.15, 0.2) is 5.78 Å². The first-order valence-corrected chi connectivity index (χ1v) is 13.3. The number of hydrogen-bond donors (Lipinski definition) is 1. The van der Waals surface area contributed by atoms with Gasteiger partial charge in [0.05, 0.1) is 17.4 Å². The molecule has 6 rings (SSSR count). The van der Waals surface area contributed by atoms with E-state index < -0.39 is 6.04 Å². The van der Waals surface area contributed by atoms with E-state index in [0.717, 1.165) is 16.9 Å². The number of amides is 1. The summed E-state index contributed by atoms with van der Waals surface area (Å²) < 4.78 is 0. The van der Waals surface area contributed by atoms with Gasteiger partial charge in [0, 0.05) is 33.3 Å². The number of benzene rings is 4. The predicted molar refractivity (Wildman–Crippen MR) is 153 cm³/mol. The fourth-order valence-corrected chi connectivity index (χ4v) is 6.02. The predicted octanol–water partition coefficient (Wildman–Crippen LogP) is 8.21. The lowest BCUT2D eigenvalue weighted by molar-refractivity contribution is -0.116. The maximum Gasteiger partial charge on any atom is 0.259 e. The molecular weight excluding hydrogens is 515 g/mol. The molecule has 1 heterocycles. The molecule has 6 heteroatoms. The van der Waals surface area contributed by atoms with E-state index in [1.165, 1.54) is 0 Å². The van der Waals surface area contributed by atoms with Crippen LogP contribution in [0.4, 0.5) is 11.4 Å². The van der Waals surface area contributed by atoms with Gasteiger partial charge >= 0.3 is 0 Å². The molecule has 1 N–H and O–H groups in total. The highest BCUT2D eigenvalue weighted by atomic mass is 35.5. The minimum Gasteiger partial charge on any atom is -0.357 e. The molecule has 0 fully saturated rings. The van der Waals surface area contributed by atoms with Gasteiger partial charge in [-0.1, -0.05) is 89.9 Å². The molecule has 0 spiro atoms. The Hall–Kier alpha value is -3.86. The molecule has 38 heavy (non-hydrogen) atoms. The zero-order chi connectivity index (χ0) is 26.2. The second-order valence-electron chi connectivity index (χ2n) is 9.58. The Balaban J connectivity index is 1.59. The highest BCUT2D eigenvalue weighted by Crippen LogP contribution is 2.49. The van der Waals surface area contributed by atoms with Crippen LogP contribution < -0.4 is 10.2 Å². The monoisotopic (exact) mass is 538 g/mol. The van der Waals surface area contributed by atoms with Crippen LogP contribution >= 0.6 is 23.2 Å². The van der Waals surface area contributed by atoms with Gasteiger partial charge < -0.3 is 5.32 Å². The molecule has 4 aromatic rings. The Kier molecular flexibility index (Phi) is 6.52. The van der Waals surface area contributed by atoms with Crippen molar-refractivity contribution in [2.75, 3.05) is 10.2 Å². The van der Waals surface area contributed by atoms with Crippen LogP contribution in [-0.2, 0) is 4.79 Å². The zero-order valence-corrected chi connectivity index (χ0v) is 21.9. The molecule has 4 aromatic carbocycles. The maximum atomic E-state index is 14.2. The van der Waals surface area contributed by atoms with E-state index in [1.807, 2.05) is 66.7 Å². The van der Waals surface area contributed by atoms with Crippen LogP contribution in [0.2, 0.25) is 10.0 Å². The molecule has 0 aromatic heterocycles. The first kappa shape index (κ1) is 24.5. The number of carbonyl (C=O) groups excluding carboxylic acids is 2. The third kappa shape index (κ3) is 4.40. The van der Waals surface area contributed by atoms with Crippen LogP contribution in [0.25, 0.3) is 0 Å². The highest BCUT2D eigenvalue weighted by Gasteiger charge is 2.42. The summed E-state index contributed by atoms with van der Waals surface area (Å²) in [5.74, 6) is -0.204. The summed E-state index contributed by atoms with van der Waals surface area (Å²) in [6.45, 7) is 0. The number of Topliss-reactive ketones (excluding diaryl/α,β-unsaturated/α-hetero) is 1. The molecule has 0 saturated carbocycles. The van der Waals surface area contributed by atoms with E-state index in [1.54, 1.807) is 29.2 Å². The summed E-state index contributed by atoms with van der Waals surface area (Å²) in [6, 6.07) is 31.4. The highest BCUT2D eigenvalue weighted by molar-refractivity contribution is 6.35. The first-order valence-electron chi connectivity index (χ1n) is 12.5. The standard InChI is InChI=1S/C32H24Cl2N2O2/c33-23-15-16-24(25(34)19-23)31-30-27(17-22(18-29(30)37)20-9-3-1-4-10-20)35-26-13-7-8-14-28(26)36(31)32(38)21-11-5-2-6-12-21/h1-16,19,22,31,35H,17-18H2/t22-,31-/m0/s1. The molecule has 2 atom stereocenters. The SMILES string of the molecule is O=C1C[C@@H](c2ccccc2)CC2=C1[C@H](c1ccc(Cl)cc1Cl)N(C(=O)c1ccccc1)c1ccccc1N2. The van der Waals surface area contributed by atoms with Crippen molar-refractivity contribution in [3.05, 3.63) is 141 Å². The number of allylic oxidation sites excluding steroid dienone is 1. The molecule has 1 amide bonds. The Morgan fingerprint density at radius 3 is 2.24 bits per heavy atom. The molecule has 0 saturated heterocycles. The van der Waals surface area contributed by atoms with Crippen LogP contribution in [0.1, 0.15) is 46.3 Å². The van der Waals surface area contributed by atoms with Crippen LogP contribution in [0.15, 0.2) is 114 Å². The van der Waals surface area contributed by atoms with E-state index in [9.17, 15) is 9.59 Å². The number of para-hydroxylation sites is 2. The lowest BCUT2D eigenvalue weighted by Crippen LogP contribution is -2.38. The van der Waals surface area contributed by atoms with Gasteiger partial charge in [-0.2, -0.15) is 0 Å². The fourth-order valence-electron chi connectivity index (χ4n) is 5.51. The topological polar surface area (TPSA) is 49.4 Å². The van der Waals surface area contributed by atoms with E-state index in [-0.39, 0.29) is 17.6 Å². The van der Waals surface area contributed by atoms with E-state index >= 15 is 0 Å². The van der Waals surface area contributed by atoms with Crippen molar-refractivity contribution in [1.82, 2.24) is 0 Å². The van der Waals surface area contributed by atoms with Gasteiger partial charge in [-0.15, -0.1) is 0 Å². The number of fused-ring (bicyclic) bond motifs is 1. The quantitative estimate of drug-likeness (QED) is 0.286. The van der Waals surface area contributed by atoms with Crippen molar-refractivity contribution < 1.29 is 9.59 Å². The molecule has 188 valence electrons. The van der Waals surface area contributed by atoms with Crippen molar-refractivity contribution >= 4 is 46.3 Å². The van der Waals surface area contributed by atoms with Crippen LogP contribution in [0, 0.1) is 0 Å². The van der Waals surface area contributed by atoms with Gasteiger partial charge in [-0.05, 0) is 59.9 Å². The van der Waals surface area contributed by atoms with Crippen molar-refractivity contribution in [3.63, 3.8) is 0 Å². The lowest BCUT2D eigenvalue weighted by atomic mass is 9.78. The summed E-state index contributed by atoms with van der Waals surface area (Å²) >= 11 is 13.0. The summed E-state index contributed by atoms with van der Waals surface area (Å²) in [4.78, 5) is 30.0. The van der Waals surface area contributed by atoms with Crippen LogP contribution in [0.3, 0.4) is 0 Å². The van der Waals surface area contributed by atoms with Crippen LogP contribution in [-0.4, -0.2) is 11.7 Å². The summed E-state index contributed by atoms with van der Waals surface area (Å²) in [5, 5.41) is 4.44. The third-order valence-corrected chi connectivity index (χ3v) is 7.82.